The largest absolute Gasteiger partial charge is 0.294 e. The smallest absolute Gasteiger partial charge is 0.261 e. The molecule has 0 saturated heterocycles. The molecule has 0 N–H and O–H groups in total. The lowest BCUT2D eigenvalue weighted by molar-refractivity contribution is 0.0979. The summed E-state index contributed by atoms with van der Waals surface area (Å²) in [6.07, 6.45) is 4.28. The van der Waals surface area contributed by atoms with E-state index in [0.29, 0.717) is 30.7 Å². The Kier molecular flexibility index (Phi) is 5.10. The fourth-order valence-electron chi connectivity index (χ4n) is 2.57. The first-order valence-corrected chi connectivity index (χ1v) is 9.47. The zero-order valence-electron chi connectivity index (χ0n) is 11.0. The molecule has 0 bridgehead atoms. The van der Waals surface area contributed by atoms with E-state index in [0.717, 1.165) is 30.4 Å². The topological polar surface area (TPSA) is 51.2 Å². The summed E-state index contributed by atoms with van der Waals surface area (Å²) in [5, 5.41) is 0. The van der Waals surface area contributed by atoms with Gasteiger partial charge in [-0.25, -0.2) is 8.42 Å². The number of benzene rings is 1. The third-order valence-electron chi connectivity index (χ3n) is 3.55. The van der Waals surface area contributed by atoms with Gasteiger partial charge < -0.3 is 0 Å². The molecule has 1 aromatic rings. The van der Waals surface area contributed by atoms with Gasteiger partial charge in [0.25, 0.3) is 9.05 Å². The number of aryl methyl sites for hydroxylation is 1. The second-order valence-corrected chi connectivity index (χ2v) is 7.89. The fraction of sp³-hybridized carbons (Fsp3) is 0.500. The maximum absolute atomic E-state index is 12.1. The van der Waals surface area contributed by atoms with Crippen LogP contribution in [0.15, 0.2) is 17.0 Å². The Morgan fingerprint density at radius 1 is 1.20 bits per heavy atom. The first-order chi connectivity index (χ1) is 9.43. The number of halogens is 2. The van der Waals surface area contributed by atoms with Crippen LogP contribution >= 0.6 is 22.3 Å². The van der Waals surface area contributed by atoms with Crippen molar-refractivity contribution >= 4 is 37.1 Å². The van der Waals surface area contributed by atoms with Crippen molar-refractivity contribution < 1.29 is 13.2 Å². The average Bonchev–Trinajstić information content (AvgIpc) is 2.84. The lowest BCUT2D eigenvalue weighted by Crippen LogP contribution is -2.05. The molecule has 6 heteroatoms. The zero-order chi connectivity index (χ0) is 14.8. The van der Waals surface area contributed by atoms with E-state index in [-0.39, 0.29) is 10.7 Å². The molecule has 0 radical (unpaired) electrons. The number of carbonyl (C=O) groups is 1. The molecule has 0 heterocycles. The van der Waals surface area contributed by atoms with Gasteiger partial charge in [-0.3, -0.25) is 4.79 Å². The SMILES string of the molecule is O=C(CCCCCl)c1cc2c(c(S(=O)(=O)Cl)c1)CCC2. The second-order valence-electron chi connectivity index (χ2n) is 4.97. The molecule has 3 nitrogen and oxygen atoms in total. The first-order valence-electron chi connectivity index (χ1n) is 6.63. The molecule has 0 spiro atoms. The van der Waals surface area contributed by atoms with Gasteiger partial charge in [-0.2, -0.15) is 0 Å². The van der Waals surface area contributed by atoms with Gasteiger partial charge in [-0.15, -0.1) is 11.6 Å². The molecule has 0 saturated carbocycles. The molecule has 0 aromatic heterocycles. The molecular weight excluding hydrogens is 319 g/mol. The summed E-state index contributed by atoms with van der Waals surface area (Å²) in [7, 11) is 1.68. The van der Waals surface area contributed by atoms with E-state index in [2.05, 4.69) is 0 Å². The minimum Gasteiger partial charge on any atom is -0.294 e. The van der Waals surface area contributed by atoms with Crippen LogP contribution in [0.1, 0.15) is 47.2 Å². The van der Waals surface area contributed by atoms with Gasteiger partial charge in [0.1, 0.15) is 0 Å². The zero-order valence-corrected chi connectivity index (χ0v) is 13.3. The Morgan fingerprint density at radius 2 is 1.95 bits per heavy atom. The summed E-state index contributed by atoms with van der Waals surface area (Å²) >= 11 is 5.58. The molecule has 0 unspecified atom stereocenters. The molecule has 2 rings (SSSR count). The minimum absolute atomic E-state index is 0.0496. The number of rotatable bonds is 6. The number of fused-ring (bicyclic) bond motifs is 1. The quantitative estimate of drug-likeness (QED) is 0.345. The predicted octanol–water partition coefficient (Wildman–Crippen LogP) is 3.69. The highest BCUT2D eigenvalue weighted by Gasteiger charge is 2.24. The monoisotopic (exact) mass is 334 g/mol. The van der Waals surface area contributed by atoms with Crippen LogP contribution in [-0.4, -0.2) is 20.1 Å². The first kappa shape index (κ1) is 15.8. The highest BCUT2D eigenvalue weighted by molar-refractivity contribution is 8.13. The minimum atomic E-state index is -3.81. The molecule has 0 atom stereocenters. The highest BCUT2D eigenvalue weighted by atomic mass is 35.7. The molecular formula is C14H16Cl2O3S. The van der Waals surface area contributed by atoms with Gasteiger partial charge in [-0.1, -0.05) is 0 Å². The van der Waals surface area contributed by atoms with E-state index in [9.17, 15) is 13.2 Å². The molecule has 0 aliphatic heterocycles. The third kappa shape index (κ3) is 3.54. The van der Waals surface area contributed by atoms with Crippen molar-refractivity contribution in [3.05, 3.63) is 28.8 Å². The van der Waals surface area contributed by atoms with Crippen LogP contribution in [-0.2, 0) is 21.9 Å². The van der Waals surface area contributed by atoms with E-state index in [4.69, 9.17) is 22.3 Å². The number of hydrogen-bond acceptors (Lipinski definition) is 3. The van der Waals surface area contributed by atoms with Crippen molar-refractivity contribution in [3.8, 4) is 0 Å². The summed E-state index contributed by atoms with van der Waals surface area (Å²) in [6.45, 7) is 0. The summed E-state index contributed by atoms with van der Waals surface area (Å²) in [4.78, 5) is 12.2. The fourth-order valence-corrected chi connectivity index (χ4v) is 3.97. The van der Waals surface area contributed by atoms with Crippen LogP contribution in [0.5, 0.6) is 0 Å². The number of unbranched alkanes of at least 4 members (excludes halogenated alkanes) is 1. The van der Waals surface area contributed by atoms with Crippen LogP contribution in [0, 0.1) is 0 Å². The average molecular weight is 335 g/mol. The van der Waals surface area contributed by atoms with Gasteiger partial charge in [0.2, 0.25) is 0 Å². The van der Waals surface area contributed by atoms with Gasteiger partial charge in [0, 0.05) is 28.5 Å². The Hall–Kier alpha value is -0.580. The standard InChI is InChI=1S/C14H16Cl2O3S/c15-7-2-1-6-13(17)11-8-10-4-3-5-12(10)14(9-11)20(16,18)19/h8-9H,1-7H2. The molecule has 0 fully saturated rings. The van der Waals surface area contributed by atoms with E-state index >= 15 is 0 Å². The second kappa shape index (κ2) is 6.46. The highest BCUT2D eigenvalue weighted by Crippen LogP contribution is 2.32. The Morgan fingerprint density at radius 3 is 2.60 bits per heavy atom. The van der Waals surface area contributed by atoms with Crippen LogP contribution in [0.4, 0.5) is 0 Å². The summed E-state index contributed by atoms with van der Waals surface area (Å²) in [5.74, 6) is 0.477. The van der Waals surface area contributed by atoms with Gasteiger partial charge in [0.05, 0.1) is 4.90 Å². The van der Waals surface area contributed by atoms with E-state index < -0.39 is 9.05 Å². The lowest BCUT2D eigenvalue weighted by Gasteiger charge is -2.09. The summed E-state index contributed by atoms with van der Waals surface area (Å²) < 4.78 is 23.3. The van der Waals surface area contributed by atoms with Gasteiger partial charge in [0.15, 0.2) is 5.78 Å². The van der Waals surface area contributed by atoms with Gasteiger partial charge >= 0.3 is 0 Å². The van der Waals surface area contributed by atoms with Crippen LogP contribution < -0.4 is 0 Å². The van der Waals surface area contributed by atoms with E-state index in [1.165, 1.54) is 6.07 Å². The normalized spacial score (nSPS) is 14.3. The molecule has 20 heavy (non-hydrogen) atoms. The summed E-state index contributed by atoms with van der Waals surface area (Å²) in [5.41, 5.74) is 2.16. The van der Waals surface area contributed by atoms with Crippen molar-refractivity contribution in [2.75, 3.05) is 5.88 Å². The molecule has 0 amide bonds. The molecule has 1 aromatic carbocycles. The number of alkyl halides is 1. The van der Waals surface area contributed by atoms with Crippen molar-refractivity contribution in [1.82, 2.24) is 0 Å². The number of carbonyl (C=O) groups excluding carboxylic acids is 1. The molecule has 1 aliphatic rings. The third-order valence-corrected chi connectivity index (χ3v) is 5.20. The number of ketones is 1. The van der Waals surface area contributed by atoms with Crippen LogP contribution in [0.2, 0.25) is 0 Å². The van der Waals surface area contributed by atoms with E-state index in [1.54, 1.807) is 0 Å². The lowest BCUT2D eigenvalue weighted by atomic mass is 10.0. The Bertz CT molecular complexity index is 624. The van der Waals surface area contributed by atoms with Crippen molar-refractivity contribution in [2.45, 2.75) is 43.4 Å². The predicted molar refractivity (Wildman–Crippen MR) is 80.4 cm³/mol. The Labute approximate surface area is 128 Å². The van der Waals surface area contributed by atoms with Crippen LogP contribution in [0.25, 0.3) is 0 Å². The molecule has 110 valence electrons. The van der Waals surface area contributed by atoms with Crippen molar-refractivity contribution in [1.29, 1.82) is 0 Å². The number of Topliss-reactive ketones (excluding diaryl/α,β-unsaturated/α-hetero) is 1. The van der Waals surface area contributed by atoms with Crippen molar-refractivity contribution in [2.24, 2.45) is 0 Å². The maximum atomic E-state index is 12.1. The van der Waals surface area contributed by atoms with Crippen LogP contribution in [0.3, 0.4) is 0 Å². The molecule has 1 aliphatic carbocycles. The van der Waals surface area contributed by atoms with E-state index in [1.807, 2.05) is 6.07 Å². The summed E-state index contributed by atoms with van der Waals surface area (Å²) in [6, 6.07) is 3.24. The van der Waals surface area contributed by atoms with Gasteiger partial charge in [-0.05, 0) is 55.4 Å². The Balaban J connectivity index is 2.34. The number of hydrogen-bond donors (Lipinski definition) is 0. The maximum Gasteiger partial charge on any atom is 0.261 e. The van der Waals surface area contributed by atoms with Crippen molar-refractivity contribution in [3.63, 3.8) is 0 Å².